The molecule has 154 valence electrons. The molecular formula is C23H28N2O4. The standard InChI is InChI=1S/C23H28N2O4/c1-16(17-4-7-19(8-5-17)25-10-11-29-22(25)26)24-15-23(2,3)18-6-9-20-21(14-18)28-13-12-27-20/h4-9,14,16,24H,10-13,15H2,1-3H3. The van der Waals surface area contributed by atoms with Crippen molar-refractivity contribution in [2.24, 2.45) is 0 Å². The third-order valence-corrected chi connectivity index (χ3v) is 5.64. The highest BCUT2D eigenvalue weighted by molar-refractivity contribution is 5.89. The van der Waals surface area contributed by atoms with Gasteiger partial charge in [0, 0.05) is 23.7 Å². The minimum absolute atomic E-state index is 0.0661. The molecule has 1 N–H and O–H groups in total. The molecule has 2 heterocycles. The summed E-state index contributed by atoms with van der Waals surface area (Å²) in [4.78, 5) is 13.4. The van der Waals surface area contributed by atoms with E-state index in [2.05, 4.69) is 50.4 Å². The molecule has 0 aliphatic carbocycles. The van der Waals surface area contributed by atoms with E-state index in [0.717, 1.165) is 23.7 Å². The molecule has 0 spiro atoms. The highest BCUT2D eigenvalue weighted by atomic mass is 16.6. The number of fused-ring (bicyclic) bond motifs is 1. The number of carbonyl (C=O) groups is 1. The lowest BCUT2D eigenvalue weighted by Crippen LogP contribution is -2.34. The van der Waals surface area contributed by atoms with Gasteiger partial charge in [-0.1, -0.05) is 32.0 Å². The van der Waals surface area contributed by atoms with Gasteiger partial charge in [0.2, 0.25) is 0 Å². The molecule has 6 nitrogen and oxygen atoms in total. The Morgan fingerprint density at radius 3 is 2.41 bits per heavy atom. The van der Waals surface area contributed by atoms with Crippen LogP contribution in [0.25, 0.3) is 0 Å². The number of benzene rings is 2. The Kier molecular flexibility index (Phi) is 5.37. The van der Waals surface area contributed by atoms with Crippen LogP contribution in [0.4, 0.5) is 10.5 Å². The highest BCUT2D eigenvalue weighted by Gasteiger charge is 2.25. The SMILES string of the molecule is CC(NCC(C)(C)c1ccc2c(c1)OCCO2)c1ccc(N2CCOC2=O)cc1. The maximum atomic E-state index is 11.7. The van der Waals surface area contributed by atoms with Crippen LogP contribution in [0.5, 0.6) is 11.5 Å². The predicted octanol–water partition coefficient (Wildman–Crippen LogP) is 4.04. The average Bonchev–Trinajstić information content (AvgIpc) is 3.17. The van der Waals surface area contributed by atoms with Crippen molar-refractivity contribution in [1.29, 1.82) is 0 Å². The van der Waals surface area contributed by atoms with E-state index in [1.54, 1.807) is 4.90 Å². The number of carbonyl (C=O) groups excluding carboxylic acids is 1. The first-order chi connectivity index (χ1) is 13.9. The van der Waals surface area contributed by atoms with Crippen LogP contribution in [0.2, 0.25) is 0 Å². The van der Waals surface area contributed by atoms with Crippen LogP contribution in [-0.2, 0) is 10.2 Å². The maximum absolute atomic E-state index is 11.7. The first-order valence-electron chi connectivity index (χ1n) is 10.1. The quantitative estimate of drug-likeness (QED) is 0.798. The summed E-state index contributed by atoms with van der Waals surface area (Å²) < 4.78 is 16.4. The van der Waals surface area contributed by atoms with Crippen molar-refractivity contribution in [3.05, 3.63) is 53.6 Å². The lowest BCUT2D eigenvalue weighted by Gasteiger charge is -2.29. The second-order valence-corrected chi connectivity index (χ2v) is 8.20. The molecule has 1 saturated heterocycles. The van der Waals surface area contributed by atoms with Gasteiger partial charge in [0.1, 0.15) is 19.8 Å². The molecule has 4 rings (SSSR count). The Balaban J connectivity index is 1.39. The van der Waals surface area contributed by atoms with E-state index in [0.29, 0.717) is 26.4 Å². The van der Waals surface area contributed by atoms with E-state index in [9.17, 15) is 4.79 Å². The van der Waals surface area contributed by atoms with Crippen LogP contribution in [0.1, 0.15) is 37.9 Å². The minimum Gasteiger partial charge on any atom is -0.486 e. The molecule has 1 amide bonds. The summed E-state index contributed by atoms with van der Waals surface area (Å²) in [6.07, 6.45) is -0.273. The van der Waals surface area contributed by atoms with E-state index in [-0.39, 0.29) is 17.6 Å². The Hall–Kier alpha value is -2.73. The van der Waals surface area contributed by atoms with E-state index in [1.807, 2.05) is 18.2 Å². The minimum atomic E-state index is -0.273. The summed E-state index contributed by atoms with van der Waals surface area (Å²) in [5, 5.41) is 3.64. The van der Waals surface area contributed by atoms with Gasteiger partial charge in [-0.15, -0.1) is 0 Å². The largest absolute Gasteiger partial charge is 0.486 e. The Labute approximate surface area is 171 Å². The number of cyclic esters (lactones) is 1. The van der Waals surface area contributed by atoms with Crippen LogP contribution in [0, 0.1) is 0 Å². The number of rotatable bonds is 6. The first-order valence-corrected chi connectivity index (χ1v) is 10.1. The van der Waals surface area contributed by atoms with Crippen molar-refractivity contribution < 1.29 is 19.0 Å². The smallest absolute Gasteiger partial charge is 0.414 e. The summed E-state index contributed by atoms with van der Waals surface area (Å²) in [5.74, 6) is 1.64. The normalized spacial score (nSPS) is 17.2. The molecule has 2 aliphatic heterocycles. The third kappa shape index (κ3) is 4.17. The van der Waals surface area contributed by atoms with Crippen LogP contribution in [0.15, 0.2) is 42.5 Å². The van der Waals surface area contributed by atoms with Gasteiger partial charge >= 0.3 is 6.09 Å². The molecule has 0 saturated carbocycles. The first kappa shape index (κ1) is 19.6. The Morgan fingerprint density at radius 1 is 1.00 bits per heavy atom. The van der Waals surface area contributed by atoms with Crippen LogP contribution in [-0.4, -0.2) is 39.0 Å². The number of nitrogens with one attached hydrogen (secondary N) is 1. The molecule has 1 unspecified atom stereocenters. The van der Waals surface area contributed by atoms with Gasteiger partial charge < -0.3 is 19.5 Å². The van der Waals surface area contributed by atoms with Crippen LogP contribution in [0.3, 0.4) is 0 Å². The third-order valence-electron chi connectivity index (χ3n) is 5.64. The zero-order valence-corrected chi connectivity index (χ0v) is 17.2. The number of nitrogens with zero attached hydrogens (tertiary/aromatic N) is 1. The fourth-order valence-corrected chi connectivity index (χ4v) is 3.66. The second-order valence-electron chi connectivity index (χ2n) is 8.20. The molecule has 0 radical (unpaired) electrons. The average molecular weight is 396 g/mol. The van der Waals surface area contributed by atoms with Crippen molar-refractivity contribution in [3.63, 3.8) is 0 Å². The van der Waals surface area contributed by atoms with Crippen LogP contribution >= 0.6 is 0 Å². The molecule has 6 heteroatoms. The number of ether oxygens (including phenoxy) is 3. The zero-order chi connectivity index (χ0) is 20.4. The molecule has 1 atom stereocenters. The Morgan fingerprint density at radius 2 is 1.72 bits per heavy atom. The van der Waals surface area contributed by atoms with Gasteiger partial charge in [-0.05, 0) is 42.3 Å². The molecule has 0 aromatic heterocycles. The predicted molar refractivity (Wildman–Crippen MR) is 112 cm³/mol. The van der Waals surface area contributed by atoms with E-state index in [4.69, 9.17) is 14.2 Å². The summed E-state index contributed by atoms with van der Waals surface area (Å²) in [5.41, 5.74) is 3.20. The monoisotopic (exact) mass is 396 g/mol. The van der Waals surface area contributed by atoms with E-state index < -0.39 is 0 Å². The summed E-state index contributed by atoms with van der Waals surface area (Å²) in [6.45, 7) is 9.67. The number of hydrogen-bond donors (Lipinski definition) is 1. The van der Waals surface area contributed by atoms with E-state index in [1.165, 1.54) is 11.1 Å². The van der Waals surface area contributed by atoms with Gasteiger partial charge in [-0.3, -0.25) is 4.90 Å². The van der Waals surface area contributed by atoms with Crippen molar-refractivity contribution in [3.8, 4) is 11.5 Å². The van der Waals surface area contributed by atoms with Gasteiger partial charge in [0.25, 0.3) is 0 Å². The lowest BCUT2D eigenvalue weighted by molar-refractivity contribution is 0.171. The number of hydrogen-bond acceptors (Lipinski definition) is 5. The fraction of sp³-hybridized carbons (Fsp3) is 0.435. The van der Waals surface area contributed by atoms with Gasteiger partial charge in [0.05, 0.1) is 6.54 Å². The summed E-state index contributed by atoms with van der Waals surface area (Å²) in [6, 6.07) is 14.5. The molecule has 0 bridgehead atoms. The number of amides is 1. The molecule has 2 aliphatic rings. The fourth-order valence-electron chi connectivity index (χ4n) is 3.66. The second kappa shape index (κ2) is 7.95. The molecule has 29 heavy (non-hydrogen) atoms. The zero-order valence-electron chi connectivity index (χ0n) is 17.2. The van der Waals surface area contributed by atoms with Crippen molar-refractivity contribution in [2.75, 3.05) is 37.8 Å². The topological polar surface area (TPSA) is 60.0 Å². The van der Waals surface area contributed by atoms with Gasteiger partial charge in [-0.25, -0.2) is 4.79 Å². The summed E-state index contributed by atoms with van der Waals surface area (Å²) >= 11 is 0. The lowest BCUT2D eigenvalue weighted by atomic mass is 9.84. The molecule has 2 aromatic carbocycles. The summed E-state index contributed by atoms with van der Waals surface area (Å²) in [7, 11) is 0. The van der Waals surface area contributed by atoms with Crippen LogP contribution < -0.4 is 19.7 Å². The maximum Gasteiger partial charge on any atom is 0.414 e. The highest BCUT2D eigenvalue weighted by Crippen LogP contribution is 2.35. The van der Waals surface area contributed by atoms with Gasteiger partial charge in [0.15, 0.2) is 11.5 Å². The Bertz CT molecular complexity index is 879. The van der Waals surface area contributed by atoms with Crippen molar-refractivity contribution in [2.45, 2.75) is 32.2 Å². The number of anilines is 1. The molecule has 2 aromatic rings. The van der Waals surface area contributed by atoms with Crippen molar-refractivity contribution in [1.82, 2.24) is 5.32 Å². The van der Waals surface area contributed by atoms with Gasteiger partial charge in [-0.2, -0.15) is 0 Å². The molecule has 1 fully saturated rings. The van der Waals surface area contributed by atoms with E-state index >= 15 is 0 Å². The van der Waals surface area contributed by atoms with Crippen molar-refractivity contribution >= 4 is 11.8 Å². The molecular weight excluding hydrogens is 368 g/mol.